The van der Waals surface area contributed by atoms with Gasteiger partial charge in [-0.3, -0.25) is 14.7 Å². The van der Waals surface area contributed by atoms with E-state index in [-0.39, 0.29) is 23.2 Å². The maximum absolute atomic E-state index is 12.9. The zero-order valence-electron chi connectivity index (χ0n) is 14.8. The Morgan fingerprint density at radius 2 is 2.33 bits per heavy atom. The Morgan fingerprint density at radius 1 is 1.44 bits per heavy atom. The van der Waals surface area contributed by atoms with E-state index in [2.05, 4.69) is 25.2 Å². The number of nitrogens with one attached hydrogen (secondary N) is 1. The lowest BCUT2D eigenvalue weighted by Gasteiger charge is -2.30. The first-order chi connectivity index (χ1) is 13.2. The minimum absolute atomic E-state index is 0.00344. The first kappa shape index (κ1) is 17.3. The van der Waals surface area contributed by atoms with Gasteiger partial charge in [0.25, 0.3) is 17.2 Å². The maximum atomic E-state index is 12.9. The van der Waals surface area contributed by atoms with Crippen LogP contribution in [0, 0.1) is 0 Å². The van der Waals surface area contributed by atoms with E-state index in [0.29, 0.717) is 37.8 Å². The summed E-state index contributed by atoms with van der Waals surface area (Å²) in [5, 5.41) is 6.61. The second kappa shape index (κ2) is 7.27. The van der Waals surface area contributed by atoms with Crippen molar-refractivity contribution in [3.05, 3.63) is 40.2 Å². The number of carbonyl (C=O) groups is 1. The molecule has 0 aromatic carbocycles. The van der Waals surface area contributed by atoms with Crippen molar-refractivity contribution in [2.24, 2.45) is 0 Å². The van der Waals surface area contributed by atoms with Crippen LogP contribution >= 0.6 is 0 Å². The van der Waals surface area contributed by atoms with Crippen molar-refractivity contribution in [3.63, 3.8) is 0 Å². The molecule has 0 bridgehead atoms. The Morgan fingerprint density at radius 3 is 3.19 bits per heavy atom. The van der Waals surface area contributed by atoms with Gasteiger partial charge in [-0.2, -0.15) is 9.50 Å². The molecule has 0 unspecified atom stereocenters. The molecule has 1 fully saturated rings. The van der Waals surface area contributed by atoms with E-state index in [1.807, 2.05) is 0 Å². The summed E-state index contributed by atoms with van der Waals surface area (Å²) < 4.78 is 11.5. The van der Waals surface area contributed by atoms with Crippen LogP contribution in [-0.2, 0) is 11.2 Å². The highest BCUT2D eigenvalue weighted by Crippen LogP contribution is 2.26. The minimum Gasteiger partial charge on any atom is -0.384 e. The number of likely N-dealkylation sites (tertiary alicyclic amines) is 1. The van der Waals surface area contributed by atoms with Crippen molar-refractivity contribution >= 4 is 11.7 Å². The third-order valence-electron chi connectivity index (χ3n) is 4.61. The summed E-state index contributed by atoms with van der Waals surface area (Å²) in [5.41, 5.74) is -0.465. The molecule has 1 N–H and O–H groups in total. The van der Waals surface area contributed by atoms with Gasteiger partial charge in [0.2, 0.25) is 5.89 Å². The number of amides is 1. The van der Waals surface area contributed by atoms with Gasteiger partial charge in [-0.05, 0) is 12.8 Å². The Bertz CT molecular complexity index is 1010. The van der Waals surface area contributed by atoms with E-state index >= 15 is 0 Å². The van der Waals surface area contributed by atoms with Gasteiger partial charge in [0.15, 0.2) is 5.82 Å². The van der Waals surface area contributed by atoms with Gasteiger partial charge < -0.3 is 14.2 Å². The first-order valence-corrected chi connectivity index (χ1v) is 8.69. The minimum atomic E-state index is -0.468. The van der Waals surface area contributed by atoms with Crippen LogP contribution in [0.3, 0.4) is 0 Å². The highest BCUT2D eigenvalue weighted by molar-refractivity contribution is 5.93. The average molecular weight is 373 g/mol. The highest BCUT2D eigenvalue weighted by Gasteiger charge is 2.30. The van der Waals surface area contributed by atoms with Crippen molar-refractivity contribution in [2.45, 2.75) is 25.2 Å². The largest absolute Gasteiger partial charge is 0.384 e. The van der Waals surface area contributed by atoms with Crippen LogP contribution in [0.4, 0.5) is 0 Å². The van der Waals surface area contributed by atoms with Crippen molar-refractivity contribution in [1.82, 2.24) is 34.6 Å². The van der Waals surface area contributed by atoms with Crippen LogP contribution in [-0.4, -0.2) is 67.3 Å². The van der Waals surface area contributed by atoms with Crippen molar-refractivity contribution < 1.29 is 14.1 Å². The number of carbonyl (C=O) groups excluding carboxylic acids is 1. The second-order valence-corrected chi connectivity index (χ2v) is 6.38. The summed E-state index contributed by atoms with van der Waals surface area (Å²) in [6.07, 6.45) is 4.83. The SMILES string of the molecule is COCCc1noc([C@@H]2CCCN(C(=O)c3cnc4nc[nH]n4c3=O)C2)n1. The Kier molecular flexibility index (Phi) is 4.67. The van der Waals surface area contributed by atoms with E-state index in [9.17, 15) is 9.59 Å². The molecular weight excluding hydrogens is 354 g/mol. The Balaban J connectivity index is 1.52. The van der Waals surface area contributed by atoms with Crippen LogP contribution < -0.4 is 5.56 Å². The van der Waals surface area contributed by atoms with Gasteiger partial charge in [0, 0.05) is 32.8 Å². The lowest BCUT2D eigenvalue weighted by molar-refractivity contribution is 0.0693. The summed E-state index contributed by atoms with van der Waals surface area (Å²) in [7, 11) is 1.61. The quantitative estimate of drug-likeness (QED) is 0.661. The zero-order valence-corrected chi connectivity index (χ0v) is 14.8. The van der Waals surface area contributed by atoms with E-state index in [0.717, 1.165) is 17.4 Å². The van der Waals surface area contributed by atoms with Crippen LogP contribution in [0.5, 0.6) is 0 Å². The van der Waals surface area contributed by atoms with Gasteiger partial charge in [-0.25, -0.2) is 9.97 Å². The molecule has 11 heteroatoms. The standard InChI is InChI=1S/C16H19N7O4/c1-26-6-4-12-20-13(27-21-12)10-3-2-5-22(8-10)14(24)11-7-17-16-18-9-19-23(16)15(11)25/h7,9-10H,2-6,8H2,1H3,(H,17,18,19)/t10-/m1/s1. The van der Waals surface area contributed by atoms with Gasteiger partial charge in [-0.1, -0.05) is 5.16 Å². The summed E-state index contributed by atoms with van der Waals surface area (Å²) in [6.45, 7) is 1.49. The molecule has 1 amide bonds. The second-order valence-electron chi connectivity index (χ2n) is 6.38. The van der Waals surface area contributed by atoms with Crippen molar-refractivity contribution in [2.75, 3.05) is 26.8 Å². The number of aromatic nitrogens is 6. The molecule has 1 atom stereocenters. The summed E-state index contributed by atoms with van der Waals surface area (Å²) in [6, 6.07) is 0. The summed E-state index contributed by atoms with van der Waals surface area (Å²) in [4.78, 5) is 39.3. The van der Waals surface area contributed by atoms with E-state index in [1.54, 1.807) is 12.0 Å². The predicted octanol–water partition coefficient (Wildman–Crippen LogP) is 0.00930. The number of piperidine rings is 1. The van der Waals surface area contributed by atoms with Crippen LogP contribution in [0.2, 0.25) is 0 Å². The van der Waals surface area contributed by atoms with E-state index in [4.69, 9.17) is 9.26 Å². The van der Waals surface area contributed by atoms with Gasteiger partial charge in [-0.15, -0.1) is 0 Å². The lowest BCUT2D eigenvalue weighted by Crippen LogP contribution is -2.41. The molecule has 1 saturated heterocycles. The number of H-pyrrole nitrogens is 1. The molecule has 1 aliphatic rings. The third kappa shape index (κ3) is 3.33. The zero-order chi connectivity index (χ0) is 18.8. The number of hydrogen-bond acceptors (Lipinski definition) is 8. The smallest absolute Gasteiger partial charge is 0.286 e. The molecule has 3 aromatic heterocycles. The molecule has 4 rings (SSSR count). The monoisotopic (exact) mass is 373 g/mol. The number of nitrogens with zero attached hydrogens (tertiary/aromatic N) is 6. The first-order valence-electron chi connectivity index (χ1n) is 8.69. The Labute approximate surface area is 153 Å². The molecular formula is C16H19N7O4. The van der Waals surface area contributed by atoms with E-state index < -0.39 is 5.56 Å². The van der Waals surface area contributed by atoms with Crippen molar-refractivity contribution in [3.8, 4) is 0 Å². The molecule has 0 saturated carbocycles. The topological polar surface area (TPSA) is 132 Å². The van der Waals surface area contributed by atoms with Crippen molar-refractivity contribution in [1.29, 1.82) is 0 Å². The molecule has 142 valence electrons. The number of methoxy groups -OCH3 is 1. The average Bonchev–Trinajstić information content (AvgIpc) is 3.36. The predicted molar refractivity (Wildman–Crippen MR) is 91.4 cm³/mol. The summed E-state index contributed by atoms with van der Waals surface area (Å²) in [5.74, 6) is 0.904. The number of rotatable bonds is 5. The molecule has 3 aromatic rings. The lowest BCUT2D eigenvalue weighted by atomic mass is 9.97. The fourth-order valence-electron chi connectivity index (χ4n) is 3.21. The molecule has 0 aliphatic carbocycles. The molecule has 0 radical (unpaired) electrons. The molecule has 4 heterocycles. The van der Waals surface area contributed by atoms with Crippen LogP contribution in [0.25, 0.3) is 5.78 Å². The fraction of sp³-hybridized carbons (Fsp3) is 0.500. The van der Waals surface area contributed by atoms with Gasteiger partial charge in [0.1, 0.15) is 11.9 Å². The number of fused-ring (bicyclic) bond motifs is 1. The maximum Gasteiger partial charge on any atom is 0.286 e. The number of aromatic amines is 1. The van der Waals surface area contributed by atoms with Crippen LogP contribution in [0.15, 0.2) is 21.8 Å². The van der Waals surface area contributed by atoms with E-state index in [1.165, 1.54) is 12.5 Å². The normalized spacial score (nSPS) is 17.5. The highest BCUT2D eigenvalue weighted by atomic mass is 16.5. The van der Waals surface area contributed by atoms with Gasteiger partial charge >= 0.3 is 0 Å². The molecule has 1 aliphatic heterocycles. The number of hydrogen-bond donors (Lipinski definition) is 1. The fourth-order valence-corrected chi connectivity index (χ4v) is 3.21. The Hall–Kier alpha value is -3.08. The molecule has 11 nitrogen and oxygen atoms in total. The number of ether oxygens (including phenoxy) is 1. The summed E-state index contributed by atoms with van der Waals surface area (Å²) >= 11 is 0. The third-order valence-corrected chi connectivity index (χ3v) is 4.61. The molecule has 27 heavy (non-hydrogen) atoms. The van der Waals surface area contributed by atoms with Gasteiger partial charge in [0.05, 0.1) is 12.5 Å². The van der Waals surface area contributed by atoms with Crippen LogP contribution in [0.1, 0.15) is 40.8 Å². The molecule has 0 spiro atoms.